The van der Waals surface area contributed by atoms with Crippen LogP contribution in [0.2, 0.25) is 0 Å². The van der Waals surface area contributed by atoms with E-state index in [0.717, 1.165) is 25.9 Å². The average Bonchev–Trinajstić information content (AvgIpc) is 3.30. The lowest BCUT2D eigenvalue weighted by molar-refractivity contribution is 0.707. The van der Waals surface area contributed by atoms with Gasteiger partial charge in [0.1, 0.15) is 0 Å². The molecular weight excluding hydrogens is 458 g/mol. The predicted octanol–water partition coefficient (Wildman–Crippen LogP) is 3.47. The van der Waals surface area contributed by atoms with E-state index in [1.165, 1.54) is 17.2 Å². The lowest BCUT2D eigenvalue weighted by atomic mass is 10.1. The van der Waals surface area contributed by atoms with Gasteiger partial charge < -0.3 is 4.57 Å². The fourth-order valence-electron chi connectivity index (χ4n) is 3.90. The number of rotatable bonds is 3. The highest BCUT2D eigenvalue weighted by Crippen LogP contribution is 2.27. The molecule has 0 atom stereocenters. The number of imidazole rings is 2. The Balaban J connectivity index is 1.84. The van der Waals surface area contributed by atoms with Crippen LogP contribution < -0.4 is 11.2 Å². The van der Waals surface area contributed by atoms with Gasteiger partial charge in [-0.15, -0.1) is 0 Å². The lowest BCUT2D eigenvalue weighted by Gasteiger charge is -2.10. The number of fused-ring (bicyclic) bond motifs is 3. The van der Waals surface area contributed by atoms with Gasteiger partial charge in [0.05, 0.1) is 12.2 Å². The number of hydrogen-bond donors (Lipinski definition) is 0. The molecule has 5 aromatic rings. The summed E-state index contributed by atoms with van der Waals surface area (Å²) in [6.07, 6.45) is 1.92. The first-order valence-electron chi connectivity index (χ1n) is 9.84. The van der Waals surface area contributed by atoms with Crippen molar-refractivity contribution in [1.29, 1.82) is 0 Å². The SMILES string of the molecule is Cc1ccc(Cn2c(-c3ccc(Br)cc3)cn3c4c(=O)n(C)c(=O)n(C)c4nc23)cc1. The first-order chi connectivity index (χ1) is 14.8. The molecule has 0 N–H and O–H groups in total. The molecule has 0 amide bonds. The highest BCUT2D eigenvalue weighted by molar-refractivity contribution is 9.10. The molecule has 31 heavy (non-hydrogen) atoms. The minimum Gasteiger partial charge on any atom is -0.305 e. The van der Waals surface area contributed by atoms with Gasteiger partial charge in [-0.25, -0.2) is 4.79 Å². The number of aryl methyl sites for hydroxylation is 2. The van der Waals surface area contributed by atoms with Crippen LogP contribution in [-0.2, 0) is 20.6 Å². The summed E-state index contributed by atoms with van der Waals surface area (Å²) in [5, 5.41) is 0. The van der Waals surface area contributed by atoms with E-state index in [0.29, 0.717) is 23.5 Å². The maximum Gasteiger partial charge on any atom is 0.332 e. The van der Waals surface area contributed by atoms with Crippen LogP contribution in [0.15, 0.2) is 68.8 Å². The van der Waals surface area contributed by atoms with Crippen LogP contribution in [0.3, 0.4) is 0 Å². The van der Waals surface area contributed by atoms with Crippen molar-refractivity contribution in [2.45, 2.75) is 13.5 Å². The molecule has 0 aliphatic rings. The largest absolute Gasteiger partial charge is 0.332 e. The van der Waals surface area contributed by atoms with Gasteiger partial charge in [-0.2, -0.15) is 4.98 Å². The zero-order valence-corrected chi connectivity index (χ0v) is 18.9. The smallest absolute Gasteiger partial charge is 0.305 e. The van der Waals surface area contributed by atoms with E-state index in [1.54, 1.807) is 11.4 Å². The van der Waals surface area contributed by atoms with Crippen molar-refractivity contribution in [2.24, 2.45) is 14.1 Å². The fourth-order valence-corrected chi connectivity index (χ4v) is 4.16. The first kappa shape index (κ1) is 19.6. The number of hydrogen-bond acceptors (Lipinski definition) is 3. The van der Waals surface area contributed by atoms with E-state index in [9.17, 15) is 9.59 Å². The Labute approximate surface area is 185 Å². The predicted molar refractivity (Wildman–Crippen MR) is 125 cm³/mol. The number of nitrogens with zero attached hydrogens (tertiary/aromatic N) is 5. The number of benzene rings is 2. The van der Waals surface area contributed by atoms with Crippen molar-refractivity contribution in [3.05, 3.63) is 91.2 Å². The van der Waals surface area contributed by atoms with E-state index >= 15 is 0 Å². The van der Waals surface area contributed by atoms with Crippen LogP contribution >= 0.6 is 15.9 Å². The molecule has 0 saturated carbocycles. The Bertz CT molecular complexity index is 1570. The van der Waals surface area contributed by atoms with E-state index in [1.807, 2.05) is 30.5 Å². The van der Waals surface area contributed by atoms with E-state index in [-0.39, 0.29) is 5.56 Å². The monoisotopic (exact) mass is 477 g/mol. The van der Waals surface area contributed by atoms with Crippen LogP contribution in [0.5, 0.6) is 0 Å². The zero-order chi connectivity index (χ0) is 21.9. The second kappa shape index (κ2) is 7.09. The van der Waals surface area contributed by atoms with Gasteiger partial charge in [0.15, 0.2) is 11.2 Å². The van der Waals surface area contributed by atoms with Crippen molar-refractivity contribution in [1.82, 2.24) is 23.1 Å². The second-order valence-corrected chi connectivity index (χ2v) is 8.67. The van der Waals surface area contributed by atoms with E-state index < -0.39 is 5.69 Å². The van der Waals surface area contributed by atoms with Gasteiger partial charge in [0.2, 0.25) is 5.78 Å². The zero-order valence-electron chi connectivity index (χ0n) is 17.3. The van der Waals surface area contributed by atoms with Crippen molar-refractivity contribution in [3.63, 3.8) is 0 Å². The molecular formula is C23H20BrN5O2. The Kier molecular flexibility index (Phi) is 4.48. The molecule has 0 aliphatic carbocycles. The molecule has 7 nitrogen and oxygen atoms in total. The number of aromatic nitrogens is 5. The molecule has 3 aromatic heterocycles. The molecule has 0 aliphatic heterocycles. The number of halogens is 1. The van der Waals surface area contributed by atoms with Crippen molar-refractivity contribution in [2.75, 3.05) is 0 Å². The van der Waals surface area contributed by atoms with E-state index in [4.69, 9.17) is 4.98 Å². The summed E-state index contributed by atoms with van der Waals surface area (Å²) in [5.74, 6) is 0.617. The summed E-state index contributed by atoms with van der Waals surface area (Å²) in [6, 6.07) is 16.4. The molecule has 2 aromatic carbocycles. The summed E-state index contributed by atoms with van der Waals surface area (Å²) in [6.45, 7) is 2.64. The van der Waals surface area contributed by atoms with Gasteiger partial charge in [-0.1, -0.05) is 57.9 Å². The minimum absolute atomic E-state index is 0.361. The third-order valence-electron chi connectivity index (χ3n) is 5.66. The van der Waals surface area contributed by atoms with Crippen LogP contribution in [0.25, 0.3) is 28.2 Å². The molecule has 3 heterocycles. The Morgan fingerprint density at radius 1 is 0.935 bits per heavy atom. The Morgan fingerprint density at radius 3 is 2.29 bits per heavy atom. The molecule has 5 rings (SSSR count). The van der Waals surface area contributed by atoms with Gasteiger partial charge in [0.25, 0.3) is 5.56 Å². The highest BCUT2D eigenvalue weighted by atomic mass is 79.9. The van der Waals surface area contributed by atoms with Crippen LogP contribution in [0, 0.1) is 6.92 Å². The summed E-state index contributed by atoms with van der Waals surface area (Å²) in [7, 11) is 3.12. The topological polar surface area (TPSA) is 66.2 Å². The quantitative estimate of drug-likeness (QED) is 0.399. The molecule has 0 radical (unpaired) electrons. The van der Waals surface area contributed by atoms with Crippen LogP contribution in [0.4, 0.5) is 0 Å². The Morgan fingerprint density at radius 2 is 1.61 bits per heavy atom. The molecule has 0 unspecified atom stereocenters. The van der Waals surface area contributed by atoms with Gasteiger partial charge >= 0.3 is 5.69 Å². The summed E-state index contributed by atoms with van der Waals surface area (Å²) < 4.78 is 7.40. The van der Waals surface area contributed by atoms with Crippen molar-refractivity contribution < 1.29 is 0 Å². The summed E-state index contributed by atoms with van der Waals surface area (Å²) >= 11 is 3.49. The standard InChI is InChI=1S/C23H20BrN5O2/c1-14-4-6-15(7-5-14)12-28-18(16-8-10-17(24)11-9-16)13-29-19-20(25-22(28)29)26(2)23(31)27(3)21(19)30/h4-11,13H,12H2,1-3H3. The molecule has 156 valence electrons. The average molecular weight is 478 g/mol. The van der Waals surface area contributed by atoms with Crippen LogP contribution in [0.1, 0.15) is 11.1 Å². The maximum absolute atomic E-state index is 12.9. The van der Waals surface area contributed by atoms with Gasteiger partial charge in [-0.3, -0.25) is 18.3 Å². The van der Waals surface area contributed by atoms with Gasteiger partial charge in [-0.05, 0) is 30.2 Å². The molecule has 0 bridgehead atoms. The highest BCUT2D eigenvalue weighted by Gasteiger charge is 2.21. The summed E-state index contributed by atoms with van der Waals surface area (Å²) in [5.41, 5.74) is 4.28. The molecule has 0 saturated heterocycles. The van der Waals surface area contributed by atoms with E-state index in [2.05, 4.69) is 51.7 Å². The molecule has 8 heteroatoms. The fraction of sp³-hybridized carbons (Fsp3) is 0.174. The second-order valence-electron chi connectivity index (χ2n) is 7.75. The molecule has 0 spiro atoms. The van der Waals surface area contributed by atoms with Crippen LogP contribution in [-0.4, -0.2) is 23.1 Å². The van der Waals surface area contributed by atoms with Crippen molar-refractivity contribution in [3.8, 4) is 11.3 Å². The minimum atomic E-state index is -0.392. The molecule has 0 fully saturated rings. The maximum atomic E-state index is 12.9. The third-order valence-corrected chi connectivity index (χ3v) is 6.19. The third kappa shape index (κ3) is 3.06. The normalized spacial score (nSPS) is 11.6. The first-order valence-corrected chi connectivity index (χ1v) is 10.6. The van der Waals surface area contributed by atoms with Gasteiger partial charge in [0, 0.05) is 24.8 Å². The summed E-state index contributed by atoms with van der Waals surface area (Å²) in [4.78, 5) is 30.1. The Hall–Kier alpha value is -3.39. The lowest BCUT2D eigenvalue weighted by Crippen LogP contribution is -2.37. The van der Waals surface area contributed by atoms with Crippen molar-refractivity contribution >= 4 is 32.9 Å².